The molecule has 0 aliphatic heterocycles. The van der Waals surface area contributed by atoms with Crippen molar-refractivity contribution in [2.75, 3.05) is 0 Å². The minimum atomic E-state index is -0.859. The van der Waals surface area contributed by atoms with Crippen LogP contribution in [0, 0.1) is 11.8 Å². The number of carbonyl (C=O) groups excluding carboxylic acids is 1. The molecule has 4 nitrogen and oxygen atoms in total. The van der Waals surface area contributed by atoms with E-state index in [1.54, 1.807) is 0 Å². The highest BCUT2D eigenvalue weighted by molar-refractivity contribution is 5.90. The first-order valence-corrected chi connectivity index (χ1v) is 6.73. The Bertz CT molecular complexity index is 507. The molecule has 0 bridgehead atoms. The molecule has 3 rings (SSSR count). The molecule has 19 heavy (non-hydrogen) atoms. The Balaban J connectivity index is 1.71. The number of carboxylic acids is 1. The molecule has 2 atom stereocenters. The number of benzene rings is 1. The van der Waals surface area contributed by atoms with E-state index in [-0.39, 0.29) is 17.4 Å². The average molecular weight is 259 g/mol. The molecule has 0 unspecified atom stereocenters. The van der Waals surface area contributed by atoms with Gasteiger partial charge in [-0.25, -0.2) is 0 Å². The number of amides is 1. The first-order chi connectivity index (χ1) is 9.12. The van der Waals surface area contributed by atoms with Crippen LogP contribution in [0.2, 0.25) is 0 Å². The monoisotopic (exact) mass is 259 g/mol. The number of carbonyl (C=O) groups is 2. The summed E-state index contributed by atoms with van der Waals surface area (Å²) in [4.78, 5) is 22.9. The summed E-state index contributed by atoms with van der Waals surface area (Å²) in [5.41, 5.74) is 0.867. The Morgan fingerprint density at radius 3 is 2.32 bits per heavy atom. The molecule has 2 N–H and O–H groups in total. The van der Waals surface area contributed by atoms with E-state index in [0.29, 0.717) is 6.42 Å². The molecule has 0 saturated heterocycles. The van der Waals surface area contributed by atoms with Crippen LogP contribution in [0.25, 0.3) is 0 Å². The van der Waals surface area contributed by atoms with Crippen LogP contribution in [0.1, 0.15) is 31.2 Å². The molecular weight excluding hydrogens is 242 g/mol. The third-order valence-corrected chi connectivity index (χ3v) is 4.34. The molecule has 0 radical (unpaired) electrons. The molecule has 1 aromatic rings. The predicted molar refractivity (Wildman–Crippen MR) is 69.3 cm³/mol. The topological polar surface area (TPSA) is 66.4 Å². The van der Waals surface area contributed by atoms with E-state index >= 15 is 0 Å². The summed E-state index contributed by atoms with van der Waals surface area (Å²) in [5.74, 6) is -1.77. The van der Waals surface area contributed by atoms with Crippen molar-refractivity contribution in [3.8, 4) is 0 Å². The van der Waals surface area contributed by atoms with Crippen LogP contribution in [0.3, 0.4) is 0 Å². The Hall–Kier alpha value is -1.84. The molecule has 2 fully saturated rings. The molecule has 1 amide bonds. The number of nitrogens with one attached hydrogen (secondary N) is 1. The zero-order chi connectivity index (χ0) is 13.5. The van der Waals surface area contributed by atoms with Crippen LogP contribution in [-0.2, 0) is 15.1 Å². The van der Waals surface area contributed by atoms with Crippen molar-refractivity contribution in [2.45, 2.75) is 31.2 Å². The van der Waals surface area contributed by atoms with Crippen LogP contribution in [0.5, 0.6) is 0 Å². The van der Waals surface area contributed by atoms with Gasteiger partial charge in [-0.1, -0.05) is 30.3 Å². The lowest BCUT2D eigenvalue weighted by molar-refractivity contribution is -0.140. The first kappa shape index (κ1) is 12.2. The summed E-state index contributed by atoms with van der Waals surface area (Å²) in [6.07, 6.45) is 3.45. The minimum absolute atomic E-state index is 0.101. The zero-order valence-electron chi connectivity index (χ0n) is 10.6. The van der Waals surface area contributed by atoms with Gasteiger partial charge in [-0.3, -0.25) is 9.59 Å². The van der Waals surface area contributed by atoms with Crippen molar-refractivity contribution in [3.05, 3.63) is 35.9 Å². The van der Waals surface area contributed by atoms with Gasteiger partial charge in [0, 0.05) is 0 Å². The fraction of sp³-hybridized carbons (Fsp3) is 0.467. The molecule has 0 spiro atoms. The summed E-state index contributed by atoms with van der Waals surface area (Å²) in [7, 11) is 0. The lowest BCUT2D eigenvalue weighted by atomic mass is 9.71. The van der Waals surface area contributed by atoms with Gasteiger partial charge in [0.1, 0.15) is 0 Å². The normalized spacial score (nSPS) is 27.2. The maximum atomic E-state index is 12.1. The average Bonchev–Trinajstić information content (AvgIpc) is 3.15. The Labute approximate surface area is 111 Å². The highest BCUT2D eigenvalue weighted by Crippen LogP contribution is 2.44. The zero-order valence-corrected chi connectivity index (χ0v) is 10.6. The number of hydrogen-bond acceptors (Lipinski definition) is 2. The standard InChI is InChI=1S/C15H17NO3/c17-13(11-9-12(11)14(18)19)16-15(7-4-8-15)10-5-2-1-3-6-10/h1-3,5-6,11-12H,4,7-9H2,(H,16,17)(H,18,19)/t11-,12-/m1/s1. The van der Waals surface area contributed by atoms with Crippen LogP contribution < -0.4 is 5.32 Å². The van der Waals surface area contributed by atoms with Crippen molar-refractivity contribution in [2.24, 2.45) is 11.8 Å². The third-order valence-electron chi connectivity index (χ3n) is 4.34. The van der Waals surface area contributed by atoms with E-state index in [1.165, 1.54) is 0 Å². The second-order valence-electron chi connectivity index (χ2n) is 5.58. The lowest BCUT2D eigenvalue weighted by Crippen LogP contribution is -2.51. The van der Waals surface area contributed by atoms with E-state index in [4.69, 9.17) is 5.11 Å². The highest BCUT2D eigenvalue weighted by Gasteiger charge is 2.51. The molecule has 2 aliphatic carbocycles. The van der Waals surface area contributed by atoms with Crippen LogP contribution in [0.4, 0.5) is 0 Å². The van der Waals surface area contributed by atoms with Gasteiger partial charge in [0.25, 0.3) is 0 Å². The van der Waals surface area contributed by atoms with E-state index < -0.39 is 11.9 Å². The molecule has 1 aromatic carbocycles. The maximum Gasteiger partial charge on any atom is 0.307 e. The minimum Gasteiger partial charge on any atom is -0.481 e. The second-order valence-corrected chi connectivity index (χ2v) is 5.58. The smallest absolute Gasteiger partial charge is 0.307 e. The highest BCUT2D eigenvalue weighted by atomic mass is 16.4. The number of aliphatic carboxylic acids is 1. The molecular formula is C15H17NO3. The fourth-order valence-electron chi connectivity index (χ4n) is 2.86. The number of carboxylic acid groups (broad SMARTS) is 1. The number of hydrogen-bond donors (Lipinski definition) is 2. The van der Waals surface area contributed by atoms with Crippen molar-refractivity contribution in [3.63, 3.8) is 0 Å². The SMILES string of the molecule is O=C(O)[C@@H]1C[C@H]1C(=O)NC1(c2ccccc2)CCC1. The van der Waals surface area contributed by atoms with Crippen LogP contribution in [0.15, 0.2) is 30.3 Å². The van der Waals surface area contributed by atoms with E-state index in [2.05, 4.69) is 5.32 Å². The fourth-order valence-corrected chi connectivity index (χ4v) is 2.86. The van der Waals surface area contributed by atoms with Gasteiger partial charge in [-0.15, -0.1) is 0 Å². The van der Waals surface area contributed by atoms with Crippen LogP contribution >= 0.6 is 0 Å². The summed E-state index contributed by atoms with van der Waals surface area (Å²) >= 11 is 0. The maximum absolute atomic E-state index is 12.1. The van der Waals surface area contributed by atoms with Gasteiger partial charge < -0.3 is 10.4 Å². The van der Waals surface area contributed by atoms with Gasteiger partial charge in [0.15, 0.2) is 0 Å². The van der Waals surface area contributed by atoms with Crippen molar-refractivity contribution in [1.82, 2.24) is 5.32 Å². The first-order valence-electron chi connectivity index (χ1n) is 6.73. The summed E-state index contributed by atoms with van der Waals surface area (Å²) in [6.45, 7) is 0. The van der Waals surface area contributed by atoms with Crippen molar-refractivity contribution < 1.29 is 14.7 Å². The Morgan fingerprint density at radius 1 is 1.16 bits per heavy atom. The largest absolute Gasteiger partial charge is 0.481 e. The molecule has 4 heteroatoms. The molecule has 0 aromatic heterocycles. The predicted octanol–water partition coefficient (Wildman–Crippen LogP) is 1.90. The van der Waals surface area contributed by atoms with E-state index in [0.717, 1.165) is 24.8 Å². The summed E-state index contributed by atoms with van der Waals surface area (Å²) in [6, 6.07) is 9.96. The van der Waals surface area contributed by atoms with Gasteiger partial charge >= 0.3 is 5.97 Å². The lowest BCUT2D eigenvalue weighted by Gasteiger charge is -2.43. The summed E-state index contributed by atoms with van der Waals surface area (Å²) < 4.78 is 0. The van der Waals surface area contributed by atoms with Crippen molar-refractivity contribution in [1.29, 1.82) is 0 Å². The van der Waals surface area contributed by atoms with E-state index in [1.807, 2.05) is 30.3 Å². The molecule has 100 valence electrons. The van der Waals surface area contributed by atoms with Gasteiger partial charge in [0.05, 0.1) is 17.4 Å². The van der Waals surface area contributed by atoms with Crippen molar-refractivity contribution >= 4 is 11.9 Å². The van der Waals surface area contributed by atoms with Gasteiger partial charge in [-0.2, -0.15) is 0 Å². The molecule has 2 aliphatic rings. The summed E-state index contributed by atoms with van der Waals surface area (Å²) in [5, 5.41) is 12.0. The molecule has 0 heterocycles. The van der Waals surface area contributed by atoms with Crippen LogP contribution in [-0.4, -0.2) is 17.0 Å². The van der Waals surface area contributed by atoms with Gasteiger partial charge in [-0.05, 0) is 31.2 Å². The third kappa shape index (κ3) is 2.11. The Kier molecular flexibility index (Phi) is 2.81. The van der Waals surface area contributed by atoms with E-state index in [9.17, 15) is 9.59 Å². The van der Waals surface area contributed by atoms with Gasteiger partial charge in [0.2, 0.25) is 5.91 Å². The second kappa shape index (κ2) is 4.37. The Morgan fingerprint density at radius 2 is 1.84 bits per heavy atom. The molecule has 2 saturated carbocycles. The quantitative estimate of drug-likeness (QED) is 0.868. The number of rotatable bonds is 4.